The molecule has 96 valence electrons. The van der Waals surface area contributed by atoms with Gasteiger partial charge in [-0.1, -0.05) is 12.1 Å². The molecule has 0 amide bonds. The van der Waals surface area contributed by atoms with Crippen molar-refractivity contribution in [1.29, 1.82) is 0 Å². The Labute approximate surface area is 112 Å². The Kier molecular flexibility index (Phi) is 4.33. The highest BCUT2D eigenvalue weighted by molar-refractivity contribution is 7.13. The highest BCUT2D eigenvalue weighted by Gasteiger charge is 2.08. The van der Waals surface area contributed by atoms with Gasteiger partial charge < -0.3 is 10.2 Å². The lowest BCUT2D eigenvalue weighted by Gasteiger charge is -2.16. The molecule has 0 unspecified atom stereocenters. The van der Waals surface area contributed by atoms with E-state index in [1.165, 1.54) is 11.3 Å². The molecule has 3 nitrogen and oxygen atoms in total. The molecule has 1 aromatic heterocycles. The van der Waals surface area contributed by atoms with Crippen molar-refractivity contribution in [2.45, 2.75) is 13.3 Å². The van der Waals surface area contributed by atoms with Gasteiger partial charge in [0.25, 0.3) is 0 Å². The fourth-order valence-corrected chi connectivity index (χ4v) is 2.61. The summed E-state index contributed by atoms with van der Waals surface area (Å²) in [4.78, 5) is 6.80. The first-order chi connectivity index (χ1) is 8.70. The van der Waals surface area contributed by atoms with E-state index in [1.54, 1.807) is 11.3 Å². The second kappa shape index (κ2) is 5.98. The zero-order chi connectivity index (χ0) is 13.0. The molecule has 0 aliphatic heterocycles. The van der Waals surface area contributed by atoms with Crippen LogP contribution < -0.4 is 10.2 Å². The summed E-state index contributed by atoms with van der Waals surface area (Å²) in [6.07, 6.45) is 0.981. The molecule has 1 heterocycles. The van der Waals surface area contributed by atoms with Crippen molar-refractivity contribution in [3.63, 3.8) is 0 Å². The number of benzene rings is 1. The van der Waals surface area contributed by atoms with E-state index in [4.69, 9.17) is 0 Å². The number of thiazole rings is 1. The van der Waals surface area contributed by atoms with Gasteiger partial charge >= 0.3 is 0 Å². The Bertz CT molecular complexity index is 507. The number of anilines is 2. The molecular weight excluding hydrogens is 242 g/mol. The maximum absolute atomic E-state index is 4.66. The topological polar surface area (TPSA) is 28.2 Å². The third-order valence-corrected chi connectivity index (χ3v) is 3.81. The van der Waals surface area contributed by atoms with E-state index < -0.39 is 0 Å². The Hall–Kier alpha value is -1.39. The summed E-state index contributed by atoms with van der Waals surface area (Å²) in [6, 6.07) is 8.48. The first-order valence-electron chi connectivity index (χ1n) is 6.10. The molecule has 1 aromatic carbocycles. The maximum Gasteiger partial charge on any atom is 0.189 e. The van der Waals surface area contributed by atoms with Crippen LogP contribution in [0.3, 0.4) is 0 Å². The predicted molar refractivity (Wildman–Crippen MR) is 79.0 cm³/mol. The van der Waals surface area contributed by atoms with Crippen LogP contribution in [0.5, 0.6) is 0 Å². The lowest BCUT2D eigenvalue weighted by atomic mass is 10.2. The van der Waals surface area contributed by atoms with Crippen molar-refractivity contribution in [1.82, 2.24) is 10.3 Å². The van der Waals surface area contributed by atoms with E-state index >= 15 is 0 Å². The normalized spacial score (nSPS) is 10.6. The molecule has 0 saturated heterocycles. The summed E-state index contributed by atoms with van der Waals surface area (Å²) in [5.41, 5.74) is 3.61. The molecule has 0 spiro atoms. The van der Waals surface area contributed by atoms with Crippen molar-refractivity contribution in [3.05, 3.63) is 40.9 Å². The highest BCUT2D eigenvalue weighted by atomic mass is 32.1. The van der Waals surface area contributed by atoms with Crippen LogP contribution in [0.4, 0.5) is 10.8 Å². The molecule has 4 heteroatoms. The summed E-state index contributed by atoms with van der Waals surface area (Å²) >= 11 is 1.70. The molecule has 0 saturated carbocycles. The van der Waals surface area contributed by atoms with Crippen LogP contribution in [0, 0.1) is 6.92 Å². The zero-order valence-corrected chi connectivity index (χ0v) is 11.9. The van der Waals surface area contributed by atoms with Crippen LogP contribution in [0.1, 0.15) is 11.3 Å². The summed E-state index contributed by atoms with van der Waals surface area (Å²) in [7, 11) is 4.03. The van der Waals surface area contributed by atoms with Crippen LogP contribution >= 0.6 is 11.3 Å². The average molecular weight is 261 g/mol. The van der Waals surface area contributed by atoms with Gasteiger partial charge in [-0.25, -0.2) is 4.98 Å². The Morgan fingerprint density at radius 3 is 2.94 bits per heavy atom. The number of nitrogens with zero attached hydrogens (tertiary/aromatic N) is 2. The second-order valence-electron chi connectivity index (χ2n) is 4.37. The van der Waals surface area contributed by atoms with Gasteiger partial charge in [-0.15, -0.1) is 11.3 Å². The van der Waals surface area contributed by atoms with E-state index in [9.17, 15) is 0 Å². The quantitative estimate of drug-likeness (QED) is 0.897. The summed E-state index contributed by atoms with van der Waals surface area (Å²) in [5, 5.41) is 6.33. The third kappa shape index (κ3) is 3.09. The first-order valence-corrected chi connectivity index (χ1v) is 6.98. The van der Waals surface area contributed by atoms with Crippen molar-refractivity contribution in [3.8, 4) is 0 Å². The zero-order valence-electron chi connectivity index (χ0n) is 11.1. The van der Waals surface area contributed by atoms with Gasteiger partial charge in [0, 0.05) is 31.1 Å². The Morgan fingerprint density at radius 2 is 2.22 bits per heavy atom. The number of aryl methyl sites for hydroxylation is 1. The van der Waals surface area contributed by atoms with E-state index in [-0.39, 0.29) is 0 Å². The van der Waals surface area contributed by atoms with Gasteiger partial charge in [-0.05, 0) is 31.7 Å². The van der Waals surface area contributed by atoms with E-state index in [1.807, 2.05) is 7.05 Å². The summed E-state index contributed by atoms with van der Waals surface area (Å²) < 4.78 is 0. The lowest BCUT2D eigenvalue weighted by molar-refractivity contribution is 0.780. The van der Waals surface area contributed by atoms with E-state index in [2.05, 4.69) is 58.8 Å². The molecule has 1 N–H and O–H groups in total. The Morgan fingerprint density at radius 1 is 1.39 bits per heavy atom. The summed E-state index contributed by atoms with van der Waals surface area (Å²) in [6.45, 7) is 3.08. The minimum atomic E-state index is 0.970. The molecule has 2 rings (SSSR count). The third-order valence-electron chi connectivity index (χ3n) is 2.85. The fourth-order valence-electron chi connectivity index (χ4n) is 1.77. The number of nitrogens with one attached hydrogen (secondary N) is 1. The Balaban J connectivity index is 2.13. The number of aromatic nitrogens is 1. The molecule has 0 fully saturated rings. The monoisotopic (exact) mass is 261 g/mol. The van der Waals surface area contributed by atoms with Crippen LogP contribution in [-0.4, -0.2) is 25.6 Å². The van der Waals surface area contributed by atoms with Crippen molar-refractivity contribution >= 4 is 22.2 Å². The SMILES string of the molecule is CNCCc1csc(N(C)c2cccc(C)c2)n1. The van der Waals surface area contributed by atoms with Crippen LogP contribution in [0.15, 0.2) is 29.6 Å². The average Bonchev–Trinajstić information content (AvgIpc) is 2.84. The van der Waals surface area contributed by atoms with Gasteiger partial charge in [0.15, 0.2) is 5.13 Å². The predicted octanol–water partition coefficient (Wildman–Crippen LogP) is 2.98. The molecule has 2 aromatic rings. The molecule has 0 bridgehead atoms. The number of likely N-dealkylation sites (N-methyl/N-ethyl adjacent to an activating group) is 1. The van der Waals surface area contributed by atoms with Gasteiger partial charge in [-0.2, -0.15) is 0 Å². The minimum Gasteiger partial charge on any atom is -0.321 e. The highest BCUT2D eigenvalue weighted by Crippen LogP contribution is 2.27. The maximum atomic E-state index is 4.66. The lowest BCUT2D eigenvalue weighted by Crippen LogP contribution is -2.11. The van der Waals surface area contributed by atoms with Crippen molar-refractivity contribution < 1.29 is 0 Å². The van der Waals surface area contributed by atoms with Crippen molar-refractivity contribution in [2.24, 2.45) is 0 Å². The minimum absolute atomic E-state index is 0.970. The summed E-state index contributed by atoms with van der Waals surface area (Å²) in [5.74, 6) is 0. The van der Waals surface area contributed by atoms with Crippen LogP contribution in [0.25, 0.3) is 0 Å². The van der Waals surface area contributed by atoms with E-state index in [0.717, 1.165) is 23.8 Å². The first kappa shape index (κ1) is 13.1. The fraction of sp³-hybridized carbons (Fsp3) is 0.357. The number of rotatable bonds is 5. The van der Waals surface area contributed by atoms with E-state index in [0.29, 0.717) is 0 Å². The molecule has 0 radical (unpaired) electrons. The van der Waals surface area contributed by atoms with Gasteiger partial charge in [0.1, 0.15) is 0 Å². The standard InChI is InChI=1S/C14H19N3S/c1-11-5-4-6-13(9-11)17(3)14-16-12(10-18-14)7-8-15-2/h4-6,9-10,15H,7-8H2,1-3H3. The molecule has 0 aliphatic rings. The smallest absolute Gasteiger partial charge is 0.189 e. The molecule has 0 aliphatic carbocycles. The second-order valence-corrected chi connectivity index (χ2v) is 5.21. The van der Waals surface area contributed by atoms with Crippen molar-refractivity contribution in [2.75, 3.05) is 25.5 Å². The molecule has 0 atom stereocenters. The molecular formula is C14H19N3S. The number of hydrogen-bond donors (Lipinski definition) is 1. The van der Waals surface area contributed by atoms with Gasteiger partial charge in [0.2, 0.25) is 0 Å². The number of hydrogen-bond acceptors (Lipinski definition) is 4. The van der Waals surface area contributed by atoms with Crippen LogP contribution in [0.2, 0.25) is 0 Å². The molecule has 18 heavy (non-hydrogen) atoms. The van der Waals surface area contributed by atoms with Gasteiger partial charge in [0.05, 0.1) is 5.69 Å². The van der Waals surface area contributed by atoms with Crippen LogP contribution in [-0.2, 0) is 6.42 Å². The largest absolute Gasteiger partial charge is 0.321 e. The van der Waals surface area contributed by atoms with Gasteiger partial charge in [-0.3, -0.25) is 0 Å².